The Labute approximate surface area is 144 Å². The van der Waals surface area contributed by atoms with Crippen LogP contribution in [0.3, 0.4) is 0 Å². The number of fused-ring (bicyclic) bond motifs is 3. The molecule has 130 valence electrons. The number of hydrogen-bond donors (Lipinski definition) is 1. The lowest BCUT2D eigenvalue weighted by Gasteiger charge is -2.26. The van der Waals surface area contributed by atoms with Gasteiger partial charge in [0.15, 0.2) is 0 Å². The fourth-order valence-electron chi connectivity index (χ4n) is 3.32. The lowest BCUT2D eigenvalue weighted by atomic mass is 10.0. The van der Waals surface area contributed by atoms with E-state index in [9.17, 15) is 17.2 Å². The highest BCUT2D eigenvalue weighted by Gasteiger charge is 2.30. The summed E-state index contributed by atoms with van der Waals surface area (Å²) in [5.74, 6) is -0.747. The second-order valence-corrected chi connectivity index (χ2v) is 8.21. The van der Waals surface area contributed by atoms with Gasteiger partial charge in [-0.1, -0.05) is 0 Å². The molecule has 0 fully saturated rings. The number of aromatic amines is 1. The van der Waals surface area contributed by atoms with Gasteiger partial charge in [0.2, 0.25) is 10.0 Å². The molecule has 0 unspecified atom stereocenters. The van der Waals surface area contributed by atoms with Crippen LogP contribution in [0.4, 0.5) is 8.78 Å². The molecule has 0 saturated heterocycles. The monoisotopic (exact) mass is 362 g/mol. The Kier molecular flexibility index (Phi) is 3.66. The first kappa shape index (κ1) is 16.2. The van der Waals surface area contributed by atoms with E-state index in [1.807, 2.05) is 0 Å². The van der Waals surface area contributed by atoms with Gasteiger partial charge in [-0.25, -0.2) is 17.2 Å². The topological polar surface area (TPSA) is 53.2 Å². The lowest BCUT2D eigenvalue weighted by Crippen LogP contribution is -2.35. The molecule has 2 aromatic carbocycles. The van der Waals surface area contributed by atoms with Crippen molar-refractivity contribution in [2.24, 2.45) is 0 Å². The minimum Gasteiger partial charge on any atom is -0.357 e. The molecule has 0 amide bonds. The van der Waals surface area contributed by atoms with Gasteiger partial charge in [0.25, 0.3) is 0 Å². The van der Waals surface area contributed by atoms with Gasteiger partial charge < -0.3 is 4.98 Å². The minimum atomic E-state index is -3.72. The largest absolute Gasteiger partial charge is 0.357 e. The highest BCUT2D eigenvalue weighted by Crippen LogP contribution is 2.31. The van der Waals surface area contributed by atoms with Crippen LogP contribution in [-0.4, -0.2) is 24.3 Å². The van der Waals surface area contributed by atoms with Crippen LogP contribution in [0.25, 0.3) is 10.9 Å². The summed E-state index contributed by atoms with van der Waals surface area (Å²) in [6.07, 6.45) is 0.498. The number of aryl methyl sites for hydroxylation is 1. The number of aromatic nitrogens is 1. The van der Waals surface area contributed by atoms with E-state index < -0.39 is 15.8 Å². The van der Waals surface area contributed by atoms with Gasteiger partial charge in [0.1, 0.15) is 11.6 Å². The van der Waals surface area contributed by atoms with Crippen molar-refractivity contribution in [1.29, 1.82) is 0 Å². The van der Waals surface area contributed by atoms with Crippen molar-refractivity contribution >= 4 is 20.9 Å². The average molecular weight is 362 g/mol. The first-order valence-corrected chi connectivity index (χ1v) is 9.35. The van der Waals surface area contributed by atoms with Crippen LogP contribution in [0, 0.1) is 18.6 Å². The molecule has 0 saturated carbocycles. The van der Waals surface area contributed by atoms with Gasteiger partial charge in [0.05, 0.1) is 11.4 Å². The van der Waals surface area contributed by atoms with Crippen molar-refractivity contribution in [3.05, 3.63) is 64.9 Å². The fourth-order valence-corrected chi connectivity index (χ4v) is 4.81. The Morgan fingerprint density at radius 3 is 2.68 bits per heavy atom. The number of sulfonamides is 1. The summed E-state index contributed by atoms with van der Waals surface area (Å²) >= 11 is 0. The van der Waals surface area contributed by atoms with Gasteiger partial charge >= 0.3 is 0 Å². The third-order valence-corrected chi connectivity index (χ3v) is 6.51. The summed E-state index contributed by atoms with van der Waals surface area (Å²) in [7, 11) is -3.72. The van der Waals surface area contributed by atoms with Crippen LogP contribution in [0.1, 0.15) is 16.8 Å². The second kappa shape index (κ2) is 5.64. The van der Waals surface area contributed by atoms with Crippen LogP contribution < -0.4 is 0 Å². The van der Waals surface area contributed by atoms with E-state index >= 15 is 0 Å². The maximum absolute atomic E-state index is 13.5. The van der Waals surface area contributed by atoms with Crippen LogP contribution in [0.2, 0.25) is 0 Å². The first-order chi connectivity index (χ1) is 11.9. The number of nitrogens with one attached hydrogen (secondary N) is 1. The number of benzene rings is 2. The molecule has 1 N–H and O–H groups in total. The summed E-state index contributed by atoms with van der Waals surface area (Å²) in [5, 5.41) is 0.796. The molecule has 0 bridgehead atoms. The fraction of sp³-hybridized carbons (Fsp3) is 0.222. The van der Waals surface area contributed by atoms with Gasteiger partial charge in [0, 0.05) is 23.1 Å². The molecule has 25 heavy (non-hydrogen) atoms. The van der Waals surface area contributed by atoms with Crippen molar-refractivity contribution in [3.8, 4) is 0 Å². The summed E-state index contributed by atoms with van der Waals surface area (Å²) in [6.45, 7) is 2.02. The van der Waals surface area contributed by atoms with E-state index in [0.29, 0.717) is 18.5 Å². The second-order valence-electron chi connectivity index (χ2n) is 6.27. The zero-order valence-corrected chi connectivity index (χ0v) is 14.3. The predicted molar refractivity (Wildman–Crippen MR) is 90.7 cm³/mol. The van der Waals surface area contributed by atoms with E-state index in [1.165, 1.54) is 41.6 Å². The Hall–Kier alpha value is -2.25. The van der Waals surface area contributed by atoms with Crippen molar-refractivity contribution in [2.45, 2.75) is 24.8 Å². The van der Waals surface area contributed by atoms with Gasteiger partial charge in [-0.05, 0) is 60.9 Å². The Bertz CT molecular complexity index is 1090. The first-order valence-electron chi connectivity index (χ1n) is 7.91. The molecule has 0 radical (unpaired) electrons. The van der Waals surface area contributed by atoms with Gasteiger partial charge in [-0.3, -0.25) is 0 Å². The summed E-state index contributed by atoms with van der Waals surface area (Å²) < 4.78 is 54.0. The Morgan fingerprint density at radius 2 is 1.92 bits per heavy atom. The number of H-pyrrole nitrogens is 1. The van der Waals surface area contributed by atoms with E-state index in [0.717, 1.165) is 22.2 Å². The maximum atomic E-state index is 13.5. The molecule has 4 rings (SSSR count). The summed E-state index contributed by atoms with van der Waals surface area (Å²) in [5.41, 5.74) is 2.81. The van der Waals surface area contributed by atoms with Crippen LogP contribution in [0.15, 0.2) is 41.3 Å². The number of halogens is 2. The number of nitrogens with zero attached hydrogens (tertiary/aromatic N) is 1. The van der Waals surface area contributed by atoms with E-state index in [1.54, 1.807) is 6.07 Å². The Morgan fingerprint density at radius 1 is 1.12 bits per heavy atom. The molecule has 7 heteroatoms. The Balaban J connectivity index is 1.72. The highest BCUT2D eigenvalue weighted by atomic mass is 32.2. The molecule has 1 aliphatic rings. The van der Waals surface area contributed by atoms with Crippen LogP contribution in [-0.2, 0) is 23.0 Å². The third kappa shape index (κ3) is 2.63. The lowest BCUT2D eigenvalue weighted by molar-refractivity contribution is 0.388. The number of hydrogen-bond acceptors (Lipinski definition) is 2. The maximum Gasteiger partial charge on any atom is 0.243 e. The molecule has 1 aliphatic heterocycles. The minimum absolute atomic E-state index is 0.0806. The average Bonchev–Trinajstić information content (AvgIpc) is 2.94. The molecule has 0 spiro atoms. The summed E-state index contributed by atoms with van der Waals surface area (Å²) in [4.78, 5) is 3.27. The zero-order valence-electron chi connectivity index (χ0n) is 13.5. The molecule has 2 heterocycles. The third-order valence-electron chi connectivity index (χ3n) is 4.67. The molecular weight excluding hydrogens is 346 g/mol. The van der Waals surface area contributed by atoms with Crippen molar-refractivity contribution in [3.63, 3.8) is 0 Å². The van der Waals surface area contributed by atoms with Gasteiger partial charge in [-0.15, -0.1) is 0 Å². The standard InChI is InChI=1S/C18H16F2N2O2S/c1-11-8-13(3-4-16(11)20)25(23,24)22-7-6-14-15-9-12(19)2-5-17(15)21-18(14)10-22/h2-5,8-9,21H,6-7,10H2,1H3. The van der Waals surface area contributed by atoms with Crippen molar-refractivity contribution < 1.29 is 17.2 Å². The van der Waals surface area contributed by atoms with Crippen molar-refractivity contribution in [2.75, 3.05) is 6.54 Å². The predicted octanol–water partition coefficient (Wildman–Crippen LogP) is 3.50. The molecule has 0 atom stereocenters. The SMILES string of the molecule is Cc1cc(S(=O)(=O)N2CCc3c([nH]c4ccc(F)cc34)C2)ccc1F. The quantitative estimate of drug-likeness (QED) is 0.759. The smallest absolute Gasteiger partial charge is 0.243 e. The number of rotatable bonds is 2. The zero-order chi connectivity index (χ0) is 17.8. The molecule has 4 nitrogen and oxygen atoms in total. The van der Waals surface area contributed by atoms with E-state index in [-0.39, 0.29) is 17.3 Å². The highest BCUT2D eigenvalue weighted by molar-refractivity contribution is 7.89. The molecule has 3 aromatic rings. The molecular formula is C18H16F2N2O2S. The normalized spacial score (nSPS) is 15.5. The molecule has 1 aromatic heterocycles. The van der Waals surface area contributed by atoms with E-state index in [2.05, 4.69) is 4.98 Å². The molecule has 0 aliphatic carbocycles. The summed E-state index contributed by atoms with van der Waals surface area (Å²) in [6, 6.07) is 8.31. The van der Waals surface area contributed by atoms with Gasteiger partial charge in [-0.2, -0.15) is 4.31 Å². The van der Waals surface area contributed by atoms with Crippen molar-refractivity contribution in [1.82, 2.24) is 9.29 Å². The van der Waals surface area contributed by atoms with Crippen LogP contribution >= 0.6 is 0 Å². The van der Waals surface area contributed by atoms with Crippen LogP contribution in [0.5, 0.6) is 0 Å². The van der Waals surface area contributed by atoms with E-state index in [4.69, 9.17) is 0 Å².